The number of amides is 1. The Morgan fingerprint density at radius 3 is 2.96 bits per heavy atom. The van der Waals surface area contributed by atoms with Gasteiger partial charge in [-0.15, -0.1) is 0 Å². The summed E-state index contributed by atoms with van der Waals surface area (Å²) in [5.74, 6) is 1.43. The van der Waals surface area contributed by atoms with Crippen LogP contribution in [0.5, 0.6) is 0 Å². The maximum Gasteiger partial charge on any atom is 0.222 e. The first-order chi connectivity index (χ1) is 13.7. The Hall–Kier alpha value is -1.96. The molecule has 28 heavy (non-hydrogen) atoms. The molecule has 7 heteroatoms. The molecule has 0 unspecified atom stereocenters. The molecule has 2 N–H and O–H groups in total. The Labute approximate surface area is 164 Å². The molecular formula is C21H28N4O3. The number of carbonyl (C=O) groups is 1. The number of benzene rings is 1. The molecule has 2 aromatic rings. The van der Waals surface area contributed by atoms with Gasteiger partial charge in [-0.1, -0.05) is 12.1 Å². The molecule has 1 aromatic carbocycles. The fourth-order valence-corrected chi connectivity index (χ4v) is 4.77. The van der Waals surface area contributed by atoms with Crippen LogP contribution in [0.3, 0.4) is 0 Å². The summed E-state index contributed by atoms with van der Waals surface area (Å²) in [6.45, 7) is 3.14. The molecule has 3 atom stereocenters. The van der Waals surface area contributed by atoms with Gasteiger partial charge in [0.2, 0.25) is 5.91 Å². The number of fused-ring (bicyclic) bond motifs is 2. The molecule has 1 aliphatic carbocycles. The number of nitrogens with zero attached hydrogens (tertiary/aromatic N) is 3. The van der Waals surface area contributed by atoms with Crippen molar-refractivity contribution in [3.05, 3.63) is 30.1 Å². The molecule has 1 aromatic heterocycles. The Kier molecular flexibility index (Phi) is 4.82. The molecule has 2 aliphatic heterocycles. The maximum atomic E-state index is 12.6. The van der Waals surface area contributed by atoms with Gasteiger partial charge in [0.1, 0.15) is 12.4 Å². The quantitative estimate of drug-likeness (QED) is 0.785. The van der Waals surface area contributed by atoms with Crippen LogP contribution in [0.1, 0.15) is 31.5 Å². The van der Waals surface area contributed by atoms with Crippen LogP contribution < -0.4 is 5.32 Å². The summed E-state index contributed by atoms with van der Waals surface area (Å²) < 4.78 is 7.99. The zero-order valence-corrected chi connectivity index (χ0v) is 16.1. The second-order valence-electron chi connectivity index (χ2n) is 8.39. The van der Waals surface area contributed by atoms with E-state index in [-0.39, 0.29) is 18.6 Å². The van der Waals surface area contributed by atoms with Crippen LogP contribution >= 0.6 is 0 Å². The monoisotopic (exact) mass is 384 g/mol. The van der Waals surface area contributed by atoms with E-state index in [9.17, 15) is 9.90 Å². The van der Waals surface area contributed by atoms with Crippen molar-refractivity contribution in [3.63, 3.8) is 0 Å². The number of aromatic nitrogens is 2. The molecule has 150 valence electrons. The number of ether oxygens (including phenoxy) is 1. The van der Waals surface area contributed by atoms with E-state index >= 15 is 0 Å². The summed E-state index contributed by atoms with van der Waals surface area (Å²) in [4.78, 5) is 19.5. The van der Waals surface area contributed by atoms with E-state index in [2.05, 4.69) is 15.2 Å². The number of para-hydroxylation sites is 2. The SMILES string of the molecule is O=C(CCn1c(CO)nc2ccccc21)N[C@H]1C[C@H]2CO[C@@H](C3CC3)CN2C1. The van der Waals surface area contributed by atoms with Crippen LogP contribution in [-0.2, 0) is 22.7 Å². The van der Waals surface area contributed by atoms with Gasteiger partial charge in [-0.3, -0.25) is 9.69 Å². The Balaban J connectivity index is 1.16. The standard InChI is InChI=1S/C21H28N4O3/c26-12-20-23-17-3-1-2-4-18(17)25(20)8-7-21(27)22-15-9-16-13-28-19(14-5-6-14)11-24(16)10-15/h1-4,14-16,19,26H,5-13H2,(H,22,27)/t15-,16-,19+/m0/s1. The molecule has 0 spiro atoms. The lowest BCUT2D eigenvalue weighted by Gasteiger charge is -2.35. The molecule has 3 fully saturated rings. The van der Waals surface area contributed by atoms with E-state index in [0.29, 0.717) is 30.9 Å². The lowest BCUT2D eigenvalue weighted by Crippen LogP contribution is -2.47. The first-order valence-electron chi connectivity index (χ1n) is 10.4. The van der Waals surface area contributed by atoms with Gasteiger partial charge in [0, 0.05) is 38.1 Å². The third-order valence-corrected chi connectivity index (χ3v) is 6.40. The van der Waals surface area contributed by atoms with E-state index in [4.69, 9.17) is 4.74 Å². The number of aliphatic hydroxyl groups is 1. The zero-order chi connectivity index (χ0) is 19.1. The minimum atomic E-state index is -0.127. The normalized spacial score (nSPS) is 27.8. The molecule has 3 aliphatic rings. The van der Waals surface area contributed by atoms with Gasteiger partial charge in [0.15, 0.2) is 0 Å². The predicted octanol–water partition coefficient (Wildman–Crippen LogP) is 1.29. The minimum absolute atomic E-state index is 0.0613. The smallest absolute Gasteiger partial charge is 0.222 e. The van der Waals surface area contributed by atoms with E-state index in [0.717, 1.165) is 43.1 Å². The number of hydrogen-bond acceptors (Lipinski definition) is 5. The fraction of sp³-hybridized carbons (Fsp3) is 0.619. The summed E-state index contributed by atoms with van der Waals surface area (Å²) >= 11 is 0. The van der Waals surface area contributed by atoms with E-state index < -0.39 is 0 Å². The summed E-state index contributed by atoms with van der Waals surface area (Å²) in [7, 11) is 0. The highest BCUT2D eigenvalue weighted by Crippen LogP contribution is 2.37. The summed E-state index contributed by atoms with van der Waals surface area (Å²) in [6.07, 6.45) is 4.37. The van der Waals surface area contributed by atoms with E-state index in [1.807, 2.05) is 28.8 Å². The zero-order valence-electron chi connectivity index (χ0n) is 16.1. The summed E-state index contributed by atoms with van der Waals surface area (Å²) in [5, 5.41) is 12.8. The van der Waals surface area contributed by atoms with Crippen molar-refractivity contribution in [2.75, 3.05) is 19.7 Å². The lowest BCUT2D eigenvalue weighted by atomic mass is 10.1. The van der Waals surface area contributed by atoms with Crippen molar-refractivity contribution < 1.29 is 14.6 Å². The molecule has 7 nitrogen and oxygen atoms in total. The van der Waals surface area contributed by atoms with Crippen molar-refractivity contribution in [1.29, 1.82) is 0 Å². The number of aliphatic hydroxyl groups excluding tert-OH is 1. The molecule has 3 heterocycles. The number of imidazole rings is 1. The third-order valence-electron chi connectivity index (χ3n) is 6.40. The van der Waals surface area contributed by atoms with Gasteiger partial charge >= 0.3 is 0 Å². The largest absolute Gasteiger partial charge is 0.388 e. The number of nitrogens with one attached hydrogen (secondary N) is 1. The van der Waals surface area contributed by atoms with Crippen molar-refractivity contribution in [1.82, 2.24) is 19.8 Å². The van der Waals surface area contributed by atoms with Gasteiger partial charge in [-0.25, -0.2) is 4.98 Å². The van der Waals surface area contributed by atoms with Crippen molar-refractivity contribution in [3.8, 4) is 0 Å². The Morgan fingerprint density at radius 1 is 1.29 bits per heavy atom. The second-order valence-corrected chi connectivity index (χ2v) is 8.39. The van der Waals surface area contributed by atoms with Crippen LogP contribution in [-0.4, -0.2) is 63.3 Å². The van der Waals surface area contributed by atoms with E-state index in [1.165, 1.54) is 12.8 Å². The highest BCUT2D eigenvalue weighted by molar-refractivity contribution is 5.78. The number of carbonyl (C=O) groups excluding carboxylic acids is 1. The van der Waals surface area contributed by atoms with Crippen molar-refractivity contribution in [2.24, 2.45) is 5.92 Å². The molecule has 1 saturated carbocycles. The Bertz CT molecular complexity index is 862. The van der Waals surface area contributed by atoms with Crippen molar-refractivity contribution >= 4 is 16.9 Å². The molecular weight excluding hydrogens is 356 g/mol. The number of hydrogen-bond donors (Lipinski definition) is 2. The maximum absolute atomic E-state index is 12.6. The van der Waals surface area contributed by atoms with Crippen molar-refractivity contribution in [2.45, 2.75) is 57.0 Å². The molecule has 0 radical (unpaired) electrons. The number of rotatable bonds is 6. The third kappa shape index (κ3) is 3.54. The minimum Gasteiger partial charge on any atom is -0.388 e. The lowest BCUT2D eigenvalue weighted by molar-refractivity contribution is -0.121. The second kappa shape index (κ2) is 7.46. The van der Waals surface area contributed by atoms with Gasteiger partial charge in [0.25, 0.3) is 0 Å². The Morgan fingerprint density at radius 2 is 2.14 bits per heavy atom. The first kappa shape index (κ1) is 18.1. The highest BCUT2D eigenvalue weighted by Gasteiger charge is 2.42. The molecule has 1 amide bonds. The van der Waals surface area contributed by atoms with Gasteiger partial charge in [0.05, 0.1) is 23.7 Å². The van der Waals surface area contributed by atoms with Crippen LogP contribution in [0, 0.1) is 5.92 Å². The number of aryl methyl sites for hydroxylation is 1. The summed E-state index contributed by atoms with van der Waals surface area (Å²) in [5.41, 5.74) is 1.81. The van der Waals surface area contributed by atoms with Crippen LogP contribution in [0.2, 0.25) is 0 Å². The van der Waals surface area contributed by atoms with Gasteiger partial charge < -0.3 is 19.7 Å². The average Bonchev–Trinajstić information content (AvgIpc) is 3.38. The molecule has 5 rings (SSSR count). The van der Waals surface area contributed by atoms with Crippen LogP contribution in [0.25, 0.3) is 11.0 Å². The molecule has 0 bridgehead atoms. The van der Waals surface area contributed by atoms with Crippen LogP contribution in [0.4, 0.5) is 0 Å². The topological polar surface area (TPSA) is 79.6 Å². The summed E-state index contributed by atoms with van der Waals surface area (Å²) in [6, 6.07) is 8.43. The number of morpholine rings is 1. The van der Waals surface area contributed by atoms with Crippen LogP contribution in [0.15, 0.2) is 24.3 Å². The average molecular weight is 384 g/mol. The predicted molar refractivity (Wildman–Crippen MR) is 105 cm³/mol. The molecule has 2 saturated heterocycles. The highest BCUT2D eigenvalue weighted by atomic mass is 16.5. The van der Waals surface area contributed by atoms with E-state index in [1.54, 1.807) is 0 Å². The van der Waals surface area contributed by atoms with Gasteiger partial charge in [-0.05, 0) is 37.3 Å². The fourth-order valence-electron chi connectivity index (χ4n) is 4.77. The first-order valence-corrected chi connectivity index (χ1v) is 10.4. The van der Waals surface area contributed by atoms with Gasteiger partial charge in [-0.2, -0.15) is 0 Å².